The molecular formula is C8H19N. The van der Waals surface area contributed by atoms with E-state index in [0.29, 0.717) is 0 Å². The summed E-state index contributed by atoms with van der Waals surface area (Å²) in [6, 6.07) is 0. The molecule has 1 fully saturated rings. The monoisotopic (exact) mass is 129 g/mol. The SMILES string of the molecule is C1CCCCC1.CCN. The van der Waals surface area contributed by atoms with Crippen LogP contribution in [0.5, 0.6) is 0 Å². The lowest BCUT2D eigenvalue weighted by molar-refractivity contribution is 0.504. The van der Waals surface area contributed by atoms with E-state index < -0.39 is 0 Å². The molecule has 0 heterocycles. The molecule has 0 unspecified atom stereocenters. The maximum Gasteiger partial charge on any atom is -0.0106 e. The molecule has 1 saturated carbocycles. The summed E-state index contributed by atoms with van der Waals surface area (Å²) in [4.78, 5) is 0. The summed E-state index contributed by atoms with van der Waals surface area (Å²) in [5.74, 6) is 0. The molecule has 0 bridgehead atoms. The smallest absolute Gasteiger partial charge is 0.0106 e. The first-order chi connectivity index (χ1) is 4.41. The topological polar surface area (TPSA) is 26.0 Å². The van der Waals surface area contributed by atoms with Gasteiger partial charge in [-0.3, -0.25) is 0 Å². The largest absolute Gasteiger partial charge is 0.331 e. The van der Waals surface area contributed by atoms with Gasteiger partial charge in [-0.2, -0.15) is 0 Å². The Bertz CT molecular complexity index is 28.3. The molecule has 0 amide bonds. The van der Waals surface area contributed by atoms with Crippen molar-refractivity contribution < 1.29 is 0 Å². The second kappa shape index (κ2) is 7.96. The van der Waals surface area contributed by atoms with Crippen LogP contribution in [0.4, 0.5) is 0 Å². The van der Waals surface area contributed by atoms with Gasteiger partial charge in [-0.05, 0) is 6.54 Å². The average Bonchev–Trinajstić information content (AvgIpc) is 1.93. The second-order valence-corrected chi connectivity index (χ2v) is 2.53. The first-order valence-electron chi connectivity index (χ1n) is 4.12. The second-order valence-electron chi connectivity index (χ2n) is 2.53. The van der Waals surface area contributed by atoms with Gasteiger partial charge in [0.1, 0.15) is 0 Å². The van der Waals surface area contributed by atoms with Gasteiger partial charge in [0.15, 0.2) is 0 Å². The Balaban J connectivity index is 0.000000187. The molecule has 0 radical (unpaired) electrons. The molecule has 0 spiro atoms. The predicted molar refractivity (Wildman–Crippen MR) is 42.4 cm³/mol. The van der Waals surface area contributed by atoms with Crippen molar-refractivity contribution in [2.24, 2.45) is 5.73 Å². The van der Waals surface area contributed by atoms with Gasteiger partial charge >= 0.3 is 0 Å². The van der Waals surface area contributed by atoms with Crippen LogP contribution in [-0.2, 0) is 0 Å². The van der Waals surface area contributed by atoms with Crippen molar-refractivity contribution in [3.8, 4) is 0 Å². The van der Waals surface area contributed by atoms with Crippen molar-refractivity contribution in [2.75, 3.05) is 6.54 Å². The first kappa shape index (κ1) is 8.96. The highest BCUT2D eigenvalue weighted by Gasteiger charge is 1.95. The molecule has 1 nitrogen and oxygen atoms in total. The quantitative estimate of drug-likeness (QED) is 0.533. The van der Waals surface area contributed by atoms with Gasteiger partial charge < -0.3 is 5.73 Å². The molecule has 0 saturated heterocycles. The van der Waals surface area contributed by atoms with Crippen LogP contribution in [0.2, 0.25) is 0 Å². The van der Waals surface area contributed by atoms with Gasteiger partial charge in [0.2, 0.25) is 0 Å². The molecule has 1 rings (SSSR count). The highest BCUT2D eigenvalue weighted by atomic mass is 14.5. The Labute approximate surface area is 58.6 Å². The molecule has 0 aromatic rings. The fourth-order valence-corrected chi connectivity index (χ4v) is 1.06. The minimum absolute atomic E-state index is 0.750. The summed E-state index contributed by atoms with van der Waals surface area (Å²) >= 11 is 0. The lowest BCUT2D eigenvalue weighted by Gasteiger charge is -2.05. The summed E-state index contributed by atoms with van der Waals surface area (Å²) in [5, 5.41) is 0. The Kier molecular flexibility index (Phi) is 7.92. The maximum atomic E-state index is 4.85. The summed E-state index contributed by atoms with van der Waals surface area (Å²) in [6.07, 6.45) is 9.00. The van der Waals surface area contributed by atoms with E-state index in [4.69, 9.17) is 5.73 Å². The third-order valence-corrected chi connectivity index (χ3v) is 1.50. The van der Waals surface area contributed by atoms with E-state index in [1.165, 1.54) is 38.5 Å². The molecule has 0 aromatic carbocycles. The lowest BCUT2D eigenvalue weighted by atomic mass is 10.0. The Morgan fingerprint density at radius 3 is 1.11 bits per heavy atom. The van der Waals surface area contributed by atoms with Crippen molar-refractivity contribution in [3.63, 3.8) is 0 Å². The van der Waals surface area contributed by atoms with E-state index in [0.717, 1.165) is 6.54 Å². The molecule has 56 valence electrons. The van der Waals surface area contributed by atoms with E-state index >= 15 is 0 Å². The Morgan fingerprint density at radius 2 is 1.00 bits per heavy atom. The van der Waals surface area contributed by atoms with Gasteiger partial charge in [-0.25, -0.2) is 0 Å². The third kappa shape index (κ3) is 7.96. The number of rotatable bonds is 0. The lowest BCUT2D eigenvalue weighted by Crippen LogP contribution is -1.87. The molecule has 1 aliphatic rings. The normalized spacial score (nSPS) is 18.0. The minimum Gasteiger partial charge on any atom is -0.331 e. The molecule has 0 atom stereocenters. The Hall–Kier alpha value is -0.0400. The highest BCUT2D eigenvalue weighted by molar-refractivity contribution is 4.51. The summed E-state index contributed by atoms with van der Waals surface area (Å²) in [6.45, 7) is 2.65. The fourth-order valence-electron chi connectivity index (χ4n) is 1.06. The maximum absolute atomic E-state index is 4.85. The van der Waals surface area contributed by atoms with Gasteiger partial charge in [-0.1, -0.05) is 45.4 Å². The van der Waals surface area contributed by atoms with Gasteiger partial charge in [0, 0.05) is 0 Å². The number of hydrogen-bond acceptors (Lipinski definition) is 1. The van der Waals surface area contributed by atoms with Crippen molar-refractivity contribution in [1.29, 1.82) is 0 Å². The number of nitrogens with two attached hydrogens (primary N) is 1. The molecular weight excluding hydrogens is 110 g/mol. The van der Waals surface area contributed by atoms with Crippen LogP contribution in [0.25, 0.3) is 0 Å². The first-order valence-corrected chi connectivity index (χ1v) is 4.12. The van der Waals surface area contributed by atoms with Gasteiger partial charge in [0.25, 0.3) is 0 Å². The molecule has 1 aliphatic carbocycles. The van der Waals surface area contributed by atoms with Crippen LogP contribution in [0, 0.1) is 0 Å². The third-order valence-electron chi connectivity index (χ3n) is 1.50. The van der Waals surface area contributed by atoms with E-state index in [9.17, 15) is 0 Å². The minimum atomic E-state index is 0.750. The summed E-state index contributed by atoms with van der Waals surface area (Å²) in [5.41, 5.74) is 4.85. The zero-order valence-electron chi connectivity index (χ0n) is 6.53. The molecule has 9 heavy (non-hydrogen) atoms. The molecule has 1 heteroatoms. The van der Waals surface area contributed by atoms with Crippen LogP contribution < -0.4 is 5.73 Å². The van der Waals surface area contributed by atoms with Gasteiger partial charge in [-0.15, -0.1) is 0 Å². The predicted octanol–water partition coefficient (Wildman–Crippen LogP) is 2.31. The van der Waals surface area contributed by atoms with Crippen LogP contribution in [0.1, 0.15) is 45.4 Å². The zero-order valence-corrected chi connectivity index (χ0v) is 6.53. The number of hydrogen-bond donors (Lipinski definition) is 1. The van der Waals surface area contributed by atoms with Gasteiger partial charge in [0.05, 0.1) is 0 Å². The van der Waals surface area contributed by atoms with Crippen molar-refractivity contribution >= 4 is 0 Å². The van der Waals surface area contributed by atoms with Crippen molar-refractivity contribution in [2.45, 2.75) is 45.4 Å². The van der Waals surface area contributed by atoms with Crippen molar-refractivity contribution in [3.05, 3.63) is 0 Å². The van der Waals surface area contributed by atoms with Crippen LogP contribution in [-0.4, -0.2) is 6.54 Å². The zero-order chi connectivity index (χ0) is 6.95. The van der Waals surface area contributed by atoms with Crippen LogP contribution in [0.3, 0.4) is 0 Å². The summed E-state index contributed by atoms with van der Waals surface area (Å²) < 4.78 is 0. The average molecular weight is 129 g/mol. The molecule has 0 aliphatic heterocycles. The summed E-state index contributed by atoms with van der Waals surface area (Å²) in [7, 11) is 0. The highest BCUT2D eigenvalue weighted by Crippen LogP contribution is 2.15. The van der Waals surface area contributed by atoms with E-state index in [1.807, 2.05) is 6.92 Å². The standard InChI is InChI=1S/C6H12.C2H7N/c1-2-4-6-5-3-1;1-2-3/h1-6H2;2-3H2,1H3. The van der Waals surface area contributed by atoms with Crippen LogP contribution >= 0.6 is 0 Å². The van der Waals surface area contributed by atoms with E-state index in [-0.39, 0.29) is 0 Å². The van der Waals surface area contributed by atoms with E-state index in [2.05, 4.69) is 0 Å². The molecule has 2 N–H and O–H groups in total. The molecule has 0 aromatic heterocycles. The van der Waals surface area contributed by atoms with E-state index in [1.54, 1.807) is 0 Å². The van der Waals surface area contributed by atoms with Crippen LogP contribution in [0.15, 0.2) is 0 Å². The Morgan fingerprint density at radius 1 is 0.889 bits per heavy atom. The van der Waals surface area contributed by atoms with Crippen molar-refractivity contribution in [1.82, 2.24) is 0 Å². The fraction of sp³-hybridized carbons (Fsp3) is 1.00.